The van der Waals surface area contributed by atoms with Crippen LogP contribution in [0.2, 0.25) is 0 Å². The number of hydrogen-bond donors (Lipinski definition) is 2. The van der Waals surface area contributed by atoms with Crippen molar-refractivity contribution < 1.29 is 14.3 Å². The number of carbonyl (C=O) groups excluding carboxylic acids is 1. The number of nitrogens with zero attached hydrogens (tertiary/aromatic N) is 1. The van der Waals surface area contributed by atoms with Crippen LogP contribution in [0.25, 0.3) is 10.9 Å². The number of rotatable bonds is 5. The molecule has 0 atom stereocenters. The number of hydrogen-bond acceptors (Lipinski definition) is 4. The minimum absolute atomic E-state index is 0.154. The van der Waals surface area contributed by atoms with Crippen LogP contribution in [-0.2, 0) is 6.42 Å². The van der Waals surface area contributed by atoms with E-state index in [0.29, 0.717) is 18.7 Å². The summed E-state index contributed by atoms with van der Waals surface area (Å²) in [4.78, 5) is 12.4. The zero-order valence-electron chi connectivity index (χ0n) is 14.8. The molecular weight excluding hydrogens is 330 g/mol. The quantitative estimate of drug-likeness (QED) is 0.693. The van der Waals surface area contributed by atoms with Gasteiger partial charge in [0.1, 0.15) is 12.2 Å². The molecule has 1 aromatic heterocycles. The van der Waals surface area contributed by atoms with Crippen molar-refractivity contribution in [3.05, 3.63) is 53.7 Å². The largest absolute Gasteiger partial charge is 0.488 e. The third-order valence-corrected chi connectivity index (χ3v) is 4.42. The molecule has 2 aromatic carbocycles. The summed E-state index contributed by atoms with van der Waals surface area (Å²) in [6.07, 6.45) is 2.57. The minimum atomic E-state index is -0.210. The Bertz CT molecular complexity index is 962. The number of carbonyl (C=O) groups is 1. The molecule has 134 valence electrons. The van der Waals surface area contributed by atoms with Crippen LogP contribution in [-0.4, -0.2) is 34.9 Å². The molecule has 0 bridgehead atoms. The van der Waals surface area contributed by atoms with Gasteiger partial charge >= 0.3 is 0 Å². The monoisotopic (exact) mass is 351 g/mol. The van der Waals surface area contributed by atoms with Gasteiger partial charge in [-0.2, -0.15) is 5.10 Å². The smallest absolute Gasteiger partial charge is 0.253 e. The zero-order chi connectivity index (χ0) is 18.1. The first-order valence-corrected chi connectivity index (χ1v) is 8.67. The molecule has 2 heterocycles. The van der Waals surface area contributed by atoms with E-state index in [4.69, 9.17) is 9.47 Å². The third-order valence-electron chi connectivity index (χ3n) is 4.42. The summed E-state index contributed by atoms with van der Waals surface area (Å²) in [7, 11) is 0. The summed E-state index contributed by atoms with van der Waals surface area (Å²) in [5, 5.41) is 10.6. The molecule has 0 unspecified atom stereocenters. The fourth-order valence-corrected chi connectivity index (χ4v) is 3.28. The molecule has 26 heavy (non-hydrogen) atoms. The van der Waals surface area contributed by atoms with Crippen LogP contribution in [0.3, 0.4) is 0 Å². The Kier molecular flexibility index (Phi) is 4.03. The number of ether oxygens (including phenoxy) is 2. The van der Waals surface area contributed by atoms with Crippen LogP contribution in [0.15, 0.2) is 42.6 Å². The molecule has 1 amide bonds. The summed E-state index contributed by atoms with van der Waals surface area (Å²) < 4.78 is 11.8. The number of nitrogens with one attached hydrogen (secondary N) is 2. The fourth-order valence-electron chi connectivity index (χ4n) is 3.28. The van der Waals surface area contributed by atoms with E-state index in [1.807, 2.05) is 24.3 Å². The second kappa shape index (κ2) is 6.37. The lowest BCUT2D eigenvalue weighted by atomic mass is 10.0. The van der Waals surface area contributed by atoms with Gasteiger partial charge < -0.3 is 14.8 Å². The SMILES string of the molecule is CC1(C)Cc2cccc(OCCNC(=O)c3cccc4cn[nH]c34)c2O1. The Labute approximate surface area is 151 Å². The van der Waals surface area contributed by atoms with Crippen molar-refractivity contribution >= 4 is 16.8 Å². The van der Waals surface area contributed by atoms with E-state index in [0.717, 1.165) is 34.4 Å². The molecule has 1 aliphatic heterocycles. The molecule has 6 heteroatoms. The van der Waals surface area contributed by atoms with Gasteiger partial charge in [0, 0.05) is 17.4 Å². The summed E-state index contributed by atoms with van der Waals surface area (Å²) in [5.41, 5.74) is 2.26. The highest BCUT2D eigenvalue weighted by atomic mass is 16.5. The highest BCUT2D eigenvalue weighted by Gasteiger charge is 2.32. The summed E-state index contributed by atoms with van der Waals surface area (Å²) >= 11 is 0. The van der Waals surface area contributed by atoms with E-state index in [-0.39, 0.29) is 11.5 Å². The number of amides is 1. The van der Waals surface area contributed by atoms with E-state index in [2.05, 4.69) is 35.4 Å². The van der Waals surface area contributed by atoms with Crippen molar-refractivity contribution in [1.82, 2.24) is 15.5 Å². The Hall–Kier alpha value is -3.02. The normalized spacial score (nSPS) is 14.7. The van der Waals surface area contributed by atoms with E-state index < -0.39 is 0 Å². The van der Waals surface area contributed by atoms with Crippen LogP contribution >= 0.6 is 0 Å². The predicted octanol–water partition coefficient (Wildman–Crippen LogP) is 3.09. The number of aromatic nitrogens is 2. The van der Waals surface area contributed by atoms with Crippen molar-refractivity contribution in [2.75, 3.05) is 13.2 Å². The molecule has 0 spiro atoms. The minimum Gasteiger partial charge on any atom is -0.488 e. The van der Waals surface area contributed by atoms with Crippen LogP contribution in [0.4, 0.5) is 0 Å². The van der Waals surface area contributed by atoms with Crippen LogP contribution in [0, 0.1) is 0 Å². The molecule has 6 nitrogen and oxygen atoms in total. The average molecular weight is 351 g/mol. The summed E-state index contributed by atoms with van der Waals surface area (Å²) in [6.45, 7) is 4.89. The molecule has 0 saturated heterocycles. The maximum absolute atomic E-state index is 12.4. The first kappa shape index (κ1) is 16.4. The van der Waals surface area contributed by atoms with E-state index in [1.54, 1.807) is 12.3 Å². The molecular formula is C20H21N3O3. The molecule has 2 N–H and O–H groups in total. The van der Waals surface area contributed by atoms with Crippen LogP contribution in [0.1, 0.15) is 29.8 Å². The van der Waals surface area contributed by atoms with Crippen molar-refractivity contribution in [2.45, 2.75) is 25.9 Å². The lowest BCUT2D eigenvalue weighted by Crippen LogP contribution is -2.28. The number of fused-ring (bicyclic) bond motifs is 2. The molecule has 1 aliphatic rings. The summed E-state index contributed by atoms with van der Waals surface area (Å²) in [6, 6.07) is 11.5. The Morgan fingerprint density at radius 2 is 2.15 bits per heavy atom. The van der Waals surface area contributed by atoms with Crippen LogP contribution < -0.4 is 14.8 Å². The van der Waals surface area contributed by atoms with E-state index >= 15 is 0 Å². The van der Waals surface area contributed by atoms with Gasteiger partial charge in [0.05, 0.1) is 23.8 Å². The first-order valence-electron chi connectivity index (χ1n) is 8.67. The maximum Gasteiger partial charge on any atom is 0.253 e. The van der Waals surface area contributed by atoms with Gasteiger partial charge in [0.25, 0.3) is 5.91 Å². The summed E-state index contributed by atoms with van der Waals surface area (Å²) in [5.74, 6) is 1.38. The van der Waals surface area contributed by atoms with Crippen molar-refractivity contribution in [1.29, 1.82) is 0 Å². The highest BCUT2D eigenvalue weighted by Crippen LogP contribution is 2.41. The average Bonchev–Trinajstić information content (AvgIpc) is 3.20. The number of para-hydroxylation sites is 2. The van der Waals surface area contributed by atoms with Gasteiger partial charge in [0.15, 0.2) is 11.5 Å². The molecule has 0 radical (unpaired) electrons. The number of aromatic amines is 1. The molecule has 0 fully saturated rings. The van der Waals surface area contributed by atoms with E-state index in [9.17, 15) is 4.79 Å². The Balaban J connectivity index is 1.36. The van der Waals surface area contributed by atoms with Gasteiger partial charge in [-0.1, -0.05) is 24.3 Å². The van der Waals surface area contributed by atoms with E-state index in [1.165, 1.54) is 0 Å². The number of H-pyrrole nitrogens is 1. The Morgan fingerprint density at radius 3 is 3.04 bits per heavy atom. The van der Waals surface area contributed by atoms with Crippen molar-refractivity contribution in [3.8, 4) is 11.5 Å². The van der Waals surface area contributed by atoms with Gasteiger partial charge in [-0.05, 0) is 26.0 Å². The van der Waals surface area contributed by atoms with Crippen molar-refractivity contribution in [2.24, 2.45) is 0 Å². The standard InChI is InChI=1S/C20H21N3O3/c1-20(2)11-13-5-4-8-16(18(13)26-20)25-10-9-21-19(24)15-7-3-6-14-12-22-23-17(14)15/h3-8,12H,9-11H2,1-2H3,(H,21,24)(H,22,23). The fraction of sp³-hybridized carbons (Fsp3) is 0.300. The maximum atomic E-state index is 12.4. The second-order valence-electron chi connectivity index (χ2n) is 7.03. The molecule has 0 aliphatic carbocycles. The first-order chi connectivity index (χ1) is 12.5. The van der Waals surface area contributed by atoms with Crippen molar-refractivity contribution in [3.63, 3.8) is 0 Å². The second-order valence-corrected chi connectivity index (χ2v) is 7.03. The number of benzene rings is 2. The molecule has 3 aromatic rings. The van der Waals surface area contributed by atoms with Gasteiger partial charge in [-0.15, -0.1) is 0 Å². The Morgan fingerprint density at radius 1 is 1.31 bits per heavy atom. The zero-order valence-corrected chi connectivity index (χ0v) is 14.8. The van der Waals surface area contributed by atoms with Crippen LogP contribution in [0.5, 0.6) is 11.5 Å². The third kappa shape index (κ3) is 3.10. The highest BCUT2D eigenvalue weighted by molar-refractivity contribution is 6.05. The predicted molar refractivity (Wildman–Crippen MR) is 98.8 cm³/mol. The lowest BCUT2D eigenvalue weighted by Gasteiger charge is -2.18. The van der Waals surface area contributed by atoms with Gasteiger partial charge in [-0.25, -0.2) is 0 Å². The topological polar surface area (TPSA) is 76.2 Å². The van der Waals surface area contributed by atoms with Gasteiger partial charge in [-0.3, -0.25) is 9.89 Å². The molecule has 4 rings (SSSR count). The molecule has 0 saturated carbocycles. The lowest BCUT2D eigenvalue weighted by molar-refractivity contribution is 0.0947. The van der Waals surface area contributed by atoms with Gasteiger partial charge in [0.2, 0.25) is 0 Å².